The van der Waals surface area contributed by atoms with Crippen molar-refractivity contribution in [2.75, 3.05) is 13.1 Å². The van der Waals surface area contributed by atoms with E-state index in [9.17, 15) is 4.91 Å². The zero-order chi connectivity index (χ0) is 7.61. The Bertz CT molecular complexity index is 130. The Labute approximate surface area is 59.8 Å². The maximum atomic E-state index is 10.2. The van der Waals surface area contributed by atoms with Crippen LogP contribution in [0.5, 0.6) is 0 Å². The minimum Gasteiger partial charge on any atom is -0.314 e. The number of piperidine rings is 1. The van der Waals surface area contributed by atoms with E-state index < -0.39 is 5.54 Å². The Hall–Kier alpha value is -0.480. The lowest BCUT2D eigenvalue weighted by Crippen LogP contribution is -2.39. The molecule has 0 aromatic carbocycles. The van der Waals surface area contributed by atoms with Gasteiger partial charge < -0.3 is 5.21 Å². The van der Waals surface area contributed by atoms with Gasteiger partial charge in [0.1, 0.15) is 5.54 Å². The summed E-state index contributed by atoms with van der Waals surface area (Å²) in [6.07, 6.45) is 1.32. The number of hydrogen-bond acceptors (Lipinski definition) is 4. The smallest absolute Gasteiger partial charge is 0.102 e. The van der Waals surface area contributed by atoms with Gasteiger partial charge in [0.05, 0.1) is 0 Å². The van der Waals surface area contributed by atoms with Gasteiger partial charge in [-0.2, -0.15) is 9.97 Å². The molecule has 1 aliphatic heterocycles. The highest BCUT2D eigenvalue weighted by Gasteiger charge is 2.30. The van der Waals surface area contributed by atoms with Crippen LogP contribution in [0.1, 0.15) is 19.8 Å². The lowest BCUT2D eigenvalue weighted by Gasteiger charge is -2.30. The third-order valence-corrected chi connectivity index (χ3v) is 2.04. The first-order chi connectivity index (χ1) is 4.66. The minimum absolute atomic E-state index is 0.431. The van der Waals surface area contributed by atoms with Crippen LogP contribution in [-0.4, -0.2) is 28.9 Å². The average molecular weight is 144 g/mol. The predicted molar refractivity (Wildman–Crippen MR) is 36.8 cm³/mol. The maximum absolute atomic E-state index is 10.2. The van der Waals surface area contributed by atoms with Crippen LogP contribution >= 0.6 is 0 Å². The van der Waals surface area contributed by atoms with E-state index in [-0.39, 0.29) is 0 Å². The summed E-state index contributed by atoms with van der Waals surface area (Å²) in [5.74, 6) is 0. The van der Waals surface area contributed by atoms with Gasteiger partial charge in [-0.25, -0.2) is 0 Å². The topological polar surface area (TPSA) is 52.9 Å². The lowest BCUT2D eigenvalue weighted by atomic mass is 9.92. The molecule has 1 rings (SSSR count). The molecule has 0 saturated carbocycles. The molecule has 0 aromatic heterocycles. The van der Waals surface area contributed by atoms with Gasteiger partial charge in [0.25, 0.3) is 0 Å². The van der Waals surface area contributed by atoms with Crippen molar-refractivity contribution in [3.63, 3.8) is 0 Å². The highest BCUT2D eigenvalue weighted by Crippen LogP contribution is 2.24. The molecule has 0 unspecified atom stereocenters. The average Bonchev–Trinajstić information content (AvgIpc) is 1.96. The Kier molecular flexibility index (Phi) is 2.01. The molecule has 1 saturated heterocycles. The number of nitrogens with zero attached hydrogens (tertiary/aromatic N) is 2. The van der Waals surface area contributed by atoms with Crippen molar-refractivity contribution in [1.82, 2.24) is 5.06 Å². The summed E-state index contributed by atoms with van der Waals surface area (Å²) >= 11 is 0. The quantitative estimate of drug-likeness (QED) is 0.558. The molecule has 10 heavy (non-hydrogen) atoms. The molecule has 4 heteroatoms. The van der Waals surface area contributed by atoms with Crippen molar-refractivity contribution in [3.8, 4) is 0 Å². The first kappa shape index (κ1) is 7.63. The van der Waals surface area contributed by atoms with E-state index in [1.165, 1.54) is 5.06 Å². The Morgan fingerprint density at radius 1 is 1.50 bits per heavy atom. The molecule has 4 nitrogen and oxygen atoms in total. The second kappa shape index (κ2) is 2.64. The number of nitroso groups, excluding NO2 is 1. The fraction of sp³-hybridized carbons (Fsp3) is 1.00. The van der Waals surface area contributed by atoms with Crippen LogP contribution in [-0.2, 0) is 0 Å². The summed E-state index contributed by atoms with van der Waals surface area (Å²) in [6.45, 7) is 2.94. The monoisotopic (exact) mass is 144 g/mol. The Morgan fingerprint density at radius 2 is 2.00 bits per heavy atom. The number of hydrogen-bond donors (Lipinski definition) is 1. The molecule has 1 N–H and O–H groups in total. The van der Waals surface area contributed by atoms with Gasteiger partial charge in [0.15, 0.2) is 0 Å². The summed E-state index contributed by atoms with van der Waals surface area (Å²) in [4.78, 5) is 10.2. The second-order valence-electron chi connectivity index (χ2n) is 3.04. The molecule has 0 atom stereocenters. The van der Waals surface area contributed by atoms with E-state index in [4.69, 9.17) is 5.21 Å². The van der Waals surface area contributed by atoms with Crippen LogP contribution in [0.2, 0.25) is 0 Å². The van der Waals surface area contributed by atoms with Crippen LogP contribution < -0.4 is 0 Å². The van der Waals surface area contributed by atoms with Gasteiger partial charge in [0, 0.05) is 13.1 Å². The molecule has 1 aliphatic rings. The van der Waals surface area contributed by atoms with E-state index >= 15 is 0 Å². The normalized spacial score (nSPS) is 26.2. The Balaban J connectivity index is 2.46. The van der Waals surface area contributed by atoms with Crippen LogP contribution in [0.3, 0.4) is 0 Å². The standard InChI is InChI=1S/C6H12N2O2/c1-6(7-9)2-4-8(10)5-3-6/h10H,2-5H2,1H3. The summed E-state index contributed by atoms with van der Waals surface area (Å²) in [6, 6.07) is 0. The van der Waals surface area contributed by atoms with E-state index in [2.05, 4.69) is 5.18 Å². The first-order valence-electron chi connectivity index (χ1n) is 3.45. The van der Waals surface area contributed by atoms with E-state index in [0.717, 1.165) is 0 Å². The molecule has 0 amide bonds. The zero-order valence-corrected chi connectivity index (χ0v) is 6.08. The highest BCUT2D eigenvalue weighted by molar-refractivity contribution is 4.86. The summed E-state index contributed by atoms with van der Waals surface area (Å²) in [5.41, 5.74) is -0.431. The molecule has 1 fully saturated rings. The lowest BCUT2D eigenvalue weighted by molar-refractivity contribution is -0.113. The SMILES string of the molecule is CC1(N=O)CCN(O)CC1. The summed E-state index contributed by atoms with van der Waals surface area (Å²) < 4.78 is 0. The fourth-order valence-electron chi connectivity index (χ4n) is 1.07. The van der Waals surface area contributed by atoms with Crippen molar-refractivity contribution in [2.24, 2.45) is 5.18 Å². The second-order valence-corrected chi connectivity index (χ2v) is 3.04. The van der Waals surface area contributed by atoms with Gasteiger partial charge in [-0.05, 0) is 19.8 Å². The maximum Gasteiger partial charge on any atom is 0.102 e. The van der Waals surface area contributed by atoms with Crippen molar-refractivity contribution in [3.05, 3.63) is 4.91 Å². The van der Waals surface area contributed by atoms with Crippen molar-refractivity contribution < 1.29 is 5.21 Å². The van der Waals surface area contributed by atoms with Crippen molar-refractivity contribution in [2.45, 2.75) is 25.3 Å². The largest absolute Gasteiger partial charge is 0.314 e. The molecular weight excluding hydrogens is 132 g/mol. The predicted octanol–water partition coefficient (Wildman–Crippen LogP) is 0.996. The van der Waals surface area contributed by atoms with Gasteiger partial charge in [-0.3, -0.25) is 0 Å². The van der Waals surface area contributed by atoms with E-state index in [1.807, 2.05) is 6.92 Å². The van der Waals surface area contributed by atoms with Crippen molar-refractivity contribution >= 4 is 0 Å². The van der Waals surface area contributed by atoms with Gasteiger partial charge in [-0.1, -0.05) is 5.18 Å². The summed E-state index contributed by atoms with van der Waals surface area (Å²) in [5, 5.41) is 13.2. The van der Waals surface area contributed by atoms with Gasteiger partial charge >= 0.3 is 0 Å². The molecule has 0 spiro atoms. The van der Waals surface area contributed by atoms with E-state index in [1.54, 1.807) is 0 Å². The minimum atomic E-state index is -0.431. The van der Waals surface area contributed by atoms with Gasteiger partial charge in [0.2, 0.25) is 0 Å². The van der Waals surface area contributed by atoms with Crippen LogP contribution in [0, 0.1) is 4.91 Å². The molecule has 0 aliphatic carbocycles. The number of hydroxylamine groups is 2. The highest BCUT2D eigenvalue weighted by atomic mass is 16.5. The van der Waals surface area contributed by atoms with Crippen LogP contribution in [0.4, 0.5) is 0 Å². The zero-order valence-electron chi connectivity index (χ0n) is 6.08. The molecule has 0 bridgehead atoms. The third kappa shape index (κ3) is 1.52. The molecule has 1 heterocycles. The molecule has 58 valence electrons. The third-order valence-electron chi connectivity index (χ3n) is 2.04. The first-order valence-corrected chi connectivity index (χ1v) is 3.45. The molecular formula is C6H12N2O2. The van der Waals surface area contributed by atoms with Crippen molar-refractivity contribution in [1.29, 1.82) is 0 Å². The van der Waals surface area contributed by atoms with Crippen LogP contribution in [0.15, 0.2) is 5.18 Å². The molecule has 0 aromatic rings. The fourth-order valence-corrected chi connectivity index (χ4v) is 1.07. The Morgan fingerprint density at radius 3 is 2.40 bits per heavy atom. The van der Waals surface area contributed by atoms with Gasteiger partial charge in [-0.15, -0.1) is 0 Å². The molecule has 0 radical (unpaired) electrons. The van der Waals surface area contributed by atoms with E-state index in [0.29, 0.717) is 25.9 Å². The summed E-state index contributed by atoms with van der Waals surface area (Å²) in [7, 11) is 0. The number of rotatable bonds is 1. The van der Waals surface area contributed by atoms with Crippen LogP contribution in [0.25, 0.3) is 0 Å².